The van der Waals surface area contributed by atoms with Crippen molar-refractivity contribution in [1.82, 2.24) is 14.8 Å². The Morgan fingerprint density at radius 1 is 1.27 bits per heavy atom. The molecule has 0 unspecified atom stereocenters. The summed E-state index contributed by atoms with van der Waals surface area (Å²) in [5.74, 6) is -0.558. The van der Waals surface area contributed by atoms with Crippen LogP contribution in [0.25, 0.3) is 0 Å². The molecule has 0 aliphatic carbocycles. The van der Waals surface area contributed by atoms with Gasteiger partial charge in [-0.2, -0.15) is 4.98 Å². The number of para-hydroxylation sites is 1. The molecular formula is C18H16BrFN4OS. The minimum Gasteiger partial charge on any atom is -0.325 e. The topological polar surface area (TPSA) is 59.8 Å². The van der Waals surface area contributed by atoms with Crippen LogP contribution in [0.2, 0.25) is 0 Å². The molecule has 1 aromatic heterocycles. The largest absolute Gasteiger partial charge is 0.325 e. The fourth-order valence-electron chi connectivity index (χ4n) is 2.37. The number of hydrogen-bond acceptors (Lipinski definition) is 4. The molecule has 0 bridgehead atoms. The van der Waals surface area contributed by atoms with E-state index in [9.17, 15) is 9.18 Å². The quantitative estimate of drug-likeness (QED) is 0.618. The number of carbonyl (C=O) groups is 1. The van der Waals surface area contributed by atoms with Crippen molar-refractivity contribution in [2.75, 3.05) is 5.32 Å². The zero-order valence-corrected chi connectivity index (χ0v) is 16.3. The molecule has 0 aliphatic heterocycles. The van der Waals surface area contributed by atoms with Gasteiger partial charge >= 0.3 is 0 Å². The van der Waals surface area contributed by atoms with Crippen molar-refractivity contribution in [2.24, 2.45) is 0 Å². The Morgan fingerprint density at radius 3 is 2.85 bits per heavy atom. The van der Waals surface area contributed by atoms with Crippen LogP contribution in [0, 0.1) is 5.82 Å². The maximum Gasteiger partial charge on any atom is 0.228 e. The van der Waals surface area contributed by atoms with E-state index in [2.05, 4.69) is 31.3 Å². The molecule has 0 fully saturated rings. The molecule has 3 rings (SSSR count). The van der Waals surface area contributed by atoms with Gasteiger partial charge in [0.25, 0.3) is 0 Å². The number of rotatable bonds is 6. The van der Waals surface area contributed by atoms with Crippen molar-refractivity contribution in [3.05, 3.63) is 64.6 Å². The summed E-state index contributed by atoms with van der Waals surface area (Å²) >= 11 is 4.70. The molecule has 3 aromatic rings. The second-order valence-electron chi connectivity index (χ2n) is 5.43. The highest BCUT2D eigenvalue weighted by molar-refractivity contribution is 9.10. The average molecular weight is 435 g/mol. The molecule has 2 aromatic carbocycles. The number of carbonyl (C=O) groups excluding carboxylic acids is 1. The van der Waals surface area contributed by atoms with Gasteiger partial charge in [0, 0.05) is 11.4 Å². The molecule has 0 atom stereocenters. The van der Waals surface area contributed by atoms with Gasteiger partial charge in [-0.3, -0.25) is 4.79 Å². The van der Waals surface area contributed by atoms with Gasteiger partial charge in [0.15, 0.2) is 5.16 Å². The Morgan fingerprint density at radius 2 is 2.08 bits per heavy atom. The Kier molecular flexibility index (Phi) is 6.05. The first kappa shape index (κ1) is 18.6. The molecule has 1 amide bonds. The number of hydrogen-bond donors (Lipinski definition) is 1. The van der Waals surface area contributed by atoms with E-state index in [-0.39, 0.29) is 18.1 Å². The van der Waals surface area contributed by atoms with Crippen LogP contribution in [0.3, 0.4) is 0 Å². The van der Waals surface area contributed by atoms with Crippen molar-refractivity contribution in [3.8, 4) is 0 Å². The van der Waals surface area contributed by atoms with Crippen molar-refractivity contribution < 1.29 is 9.18 Å². The number of halogens is 2. The molecule has 134 valence electrons. The Hall–Kier alpha value is -2.19. The highest BCUT2D eigenvalue weighted by Crippen LogP contribution is 2.33. The monoisotopic (exact) mass is 434 g/mol. The molecule has 1 heterocycles. The van der Waals surface area contributed by atoms with Gasteiger partial charge in [-0.25, -0.2) is 9.07 Å². The number of aromatic nitrogens is 3. The molecule has 0 radical (unpaired) electrons. The highest BCUT2D eigenvalue weighted by atomic mass is 79.9. The smallest absolute Gasteiger partial charge is 0.228 e. The number of nitrogens with zero attached hydrogens (tertiary/aromatic N) is 3. The lowest BCUT2D eigenvalue weighted by atomic mass is 10.1. The van der Waals surface area contributed by atoms with Gasteiger partial charge in [-0.05, 0) is 64.4 Å². The molecule has 26 heavy (non-hydrogen) atoms. The van der Waals surface area contributed by atoms with E-state index in [0.717, 1.165) is 10.1 Å². The summed E-state index contributed by atoms with van der Waals surface area (Å²) in [5.41, 5.74) is 1.31. The van der Waals surface area contributed by atoms with Gasteiger partial charge in [-0.15, -0.1) is 5.10 Å². The molecule has 1 N–H and O–H groups in total. The van der Waals surface area contributed by atoms with E-state index < -0.39 is 0 Å². The van der Waals surface area contributed by atoms with Crippen molar-refractivity contribution in [2.45, 2.75) is 29.9 Å². The highest BCUT2D eigenvalue weighted by Gasteiger charge is 2.13. The predicted octanol–water partition coefficient (Wildman–Crippen LogP) is 4.53. The van der Waals surface area contributed by atoms with Crippen LogP contribution in [0.15, 0.2) is 63.3 Å². The maximum absolute atomic E-state index is 13.3. The van der Waals surface area contributed by atoms with Gasteiger partial charge < -0.3 is 5.32 Å². The number of amides is 1. The summed E-state index contributed by atoms with van der Waals surface area (Å²) in [6.45, 7) is 2.67. The lowest BCUT2D eigenvalue weighted by Gasteiger charge is -2.11. The van der Waals surface area contributed by atoms with Crippen molar-refractivity contribution >= 4 is 39.3 Å². The molecule has 0 spiro atoms. The molecule has 5 nitrogen and oxygen atoms in total. The van der Waals surface area contributed by atoms with E-state index >= 15 is 0 Å². The summed E-state index contributed by atoms with van der Waals surface area (Å²) in [6.07, 6.45) is 0.105. The van der Waals surface area contributed by atoms with Gasteiger partial charge in [0.2, 0.25) is 10.6 Å². The van der Waals surface area contributed by atoms with Crippen LogP contribution in [-0.4, -0.2) is 20.7 Å². The second kappa shape index (κ2) is 8.46. The van der Waals surface area contributed by atoms with Crippen LogP contribution in [0.4, 0.5) is 10.1 Å². The summed E-state index contributed by atoms with van der Waals surface area (Å²) in [5, 5.41) is 7.88. The third kappa shape index (κ3) is 4.70. The minimum absolute atomic E-state index is 0.105. The Labute approximate surface area is 163 Å². The second-order valence-corrected chi connectivity index (χ2v) is 7.15. The lowest BCUT2D eigenvalue weighted by molar-refractivity contribution is -0.115. The van der Waals surface area contributed by atoms with Crippen LogP contribution >= 0.6 is 27.7 Å². The summed E-state index contributed by atoms with van der Waals surface area (Å²) in [4.78, 5) is 17.5. The molecule has 8 heteroatoms. The van der Waals surface area contributed by atoms with Crippen LogP contribution < -0.4 is 5.32 Å². The Bertz CT molecular complexity index is 931. The Balaban J connectivity index is 1.75. The average Bonchev–Trinajstić information content (AvgIpc) is 2.96. The lowest BCUT2D eigenvalue weighted by Crippen LogP contribution is -2.15. The van der Waals surface area contributed by atoms with Crippen LogP contribution in [0.5, 0.6) is 0 Å². The minimum atomic E-state index is -0.351. The van der Waals surface area contributed by atoms with E-state index in [1.807, 2.05) is 31.2 Å². The fourth-order valence-corrected chi connectivity index (χ4v) is 3.82. The van der Waals surface area contributed by atoms with Gasteiger partial charge in [0.1, 0.15) is 5.82 Å². The zero-order chi connectivity index (χ0) is 18.5. The third-order valence-corrected chi connectivity index (χ3v) is 4.92. The molecule has 0 aliphatic rings. The van der Waals surface area contributed by atoms with E-state index in [1.165, 1.54) is 23.9 Å². The predicted molar refractivity (Wildman–Crippen MR) is 103 cm³/mol. The van der Waals surface area contributed by atoms with Crippen LogP contribution in [-0.2, 0) is 17.8 Å². The van der Waals surface area contributed by atoms with Gasteiger partial charge in [0.05, 0.1) is 12.1 Å². The first-order valence-electron chi connectivity index (χ1n) is 7.96. The van der Waals surface area contributed by atoms with E-state index in [0.29, 0.717) is 22.5 Å². The van der Waals surface area contributed by atoms with Crippen LogP contribution in [0.1, 0.15) is 12.5 Å². The zero-order valence-electron chi connectivity index (χ0n) is 13.9. The number of aryl methyl sites for hydroxylation is 1. The summed E-state index contributed by atoms with van der Waals surface area (Å²) in [6, 6.07) is 13.5. The normalized spacial score (nSPS) is 10.7. The fraction of sp³-hybridized carbons (Fsp3) is 0.167. The standard InChI is InChI=1S/C18H16BrFN4OS/c1-2-24-18(22-17(19)23-24)26-15-9-4-3-8-14(15)21-16(25)11-12-6-5-7-13(20)10-12/h3-10H,2,11H2,1H3,(H,21,25). The third-order valence-electron chi connectivity index (χ3n) is 3.53. The van der Waals surface area contributed by atoms with Crippen molar-refractivity contribution in [1.29, 1.82) is 0 Å². The molecule has 0 saturated heterocycles. The number of benzene rings is 2. The van der Waals surface area contributed by atoms with Crippen molar-refractivity contribution in [3.63, 3.8) is 0 Å². The summed E-state index contributed by atoms with van der Waals surface area (Å²) in [7, 11) is 0. The maximum atomic E-state index is 13.3. The van der Waals surface area contributed by atoms with E-state index in [1.54, 1.807) is 16.8 Å². The molecule has 0 saturated carbocycles. The summed E-state index contributed by atoms with van der Waals surface area (Å²) < 4.78 is 15.6. The first-order chi connectivity index (χ1) is 12.5. The van der Waals surface area contributed by atoms with Gasteiger partial charge in [-0.1, -0.05) is 24.3 Å². The first-order valence-corrected chi connectivity index (χ1v) is 9.57. The van der Waals surface area contributed by atoms with E-state index in [4.69, 9.17) is 0 Å². The SMILES string of the molecule is CCn1nc(Br)nc1Sc1ccccc1NC(=O)Cc1cccc(F)c1. The molecular weight excluding hydrogens is 419 g/mol. The number of nitrogens with one attached hydrogen (secondary N) is 1. The number of anilines is 1.